The maximum atomic E-state index is 8.82. The molecule has 2 nitrogen and oxygen atoms in total. The first kappa shape index (κ1) is 11.5. The number of nitrogens with two attached hydrogens (primary N) is 1. The first-order valence-corrected chi connectivity index (χ1v) is 5.05. The van der Waals surface area contributed by atoms with Gasteiger partial charge in [0.05, 0.1) is 0 Å². The van der Waals surface area contributed by atoms with Crippen LogP contribution in [0.25, 0.3) is 0 Å². The molecule has 0 saturated carbocycles. The minimum absolute atomic E-state index is 0.126. The molecule has 1 rings (SSSR count). The van der Waals surface area contributed by atoms with Crippen LogP contribution >= 0.6 is 11.6 Å². The minimum atomic E-state index is -0.345. The normalized spacial score (nSPS) is 15.1. The summed E-state index contributed by atoms with van der Waals surface area (Å²) in [5, 5.41) is 9.55. The van der Waals surface area contributed by atoms with E-state index in [1.807, 2.05) is 31.2 Å². The van der Waals surface area contributed by atoms with Gasteiger partial charge in [0.1, 0.15) is 0 Å². The molecule has 1 aromatic rings. The van der Waals surface area contributed by atoms with Crippen LogP contribution in [-0.4, -0.2) is 17.3 Å². The lowest BCUT2D eigenvalue weighted by Gasteiger charge is -2.23. The lowest BCUT2D eigenvalue weighted by Crippen LogP contribution is -2.39. The van der Waals surface area contributed by atoms with Gasteiger partial charge in [0, 0.05) is 17.2 Å². The molecular formula is C11H16ClNO. The number of halogens is 1. The van der Waals surface area contributed by atoms with E-state index in [9.17, 15) is 0 Å². The van der Waals surface area contributed by atoms with Crippen molar-refractivity contribution < 1.29 is 5.11 Å². The fourth-order valence-electron chi connectivity index (χ4n) is 1.41. The summed E-state index contributed by atoms with van der Waals surface area (Å²) in [6.07, 6.45) is 1.36. The molecule has 14 heavy (non-hydrogen) atoms. The Labute approximate surface area is 89.7 Å². The van der Waals surface area contributed by atoms with Crippen molar-refractivity contribution in [3.05, 3.63) is 34.9 Å². The van der Waals surface area contributed by atoms with E-state index >= 15 is 0 Å². The van der Waals surface area contributed by atoms with Gasteiger partial charge in [0.2, 0.25) is 0 Å². The Bertz CT molecular complexity index is 282. The van der Waals surface area contributed by atoms with Gasteiger partial charge in [-0.25, -0.2) is 0 Å². The molecule has 0 aromatic heterocycles. The molecule has 0 bridgehead atoms. The molecule has 1 unspecified atom stereocenters. The van der Waals surface area contributed by atoms with Gasteiger partial charge in [-0.1, -0.05) is 23.7 Å². The van der Waals surface area contributed by atoms with E-state index in [2.05, 4.69) is 0 Å². The molecule has 1 aromatic carbocycles. The number of aliphatic hydroxyl groups is 1. The fraction of sp³-hybridized carbons (Fsp3) is 0.455. The third-order valence-electron chi connectivity index (χ3n) is 2.20. The molecule has 0 heterocycles. The van der Waals surface area contributed by atoms with Crippen molar-refractivity contribution in [2.45, 2.75) is 25.3 Å². The molecule has 0 fully saturated rings. The molecule has 0 saturated heterocycles. The van der Waals surface area contributed by atoms with Crippen LogP contribution in [0.15, 0.2) is 24.3 Å². The molecule has 0 spiro atoms. The van der Waals surface area contributed by atoms with Crippen molar-refractivity contribution >= 4 is 11.6 Å². The Kier molecular flexibility index (Phi) is 3.93. The topological polar surface area (TPSA) is 46.2 Å². The summed E-state index contributed by atoms with van der Waals surface area (Å²) in [5.41, 5.74) is 6.81. The summed E-state index contributed by atoms with van der Waals surface area (Å²) >= 11 is 5.77. The second-order valence-electron chi connectivity index (χ2n) is 3.93. The minimum Gasteiger partial charge on any atom is -0.396 e. The molecule has 3 N–H and O–H groups in total. The van der Waals surface area contributed by atoms with Crippen LogP contribution in [0.3, 0.4) is 0 Å². The van der Waals surface area contributed by atoms with Gasteiger partial charge >= 0.3 is 0 Å². The molecule has 0 aliphatic rings. The standard InChI is InChI=1S/C11H16ClNO/c1-11(13,6-7-14)8-9-2-4-10(12)5-3-9/h2-5,14H,6-8,13H2,1H3. The van der Waals surface area contributed by atoms with Crippen molar-refractivity contribution in [1.82, 2.24) is 0 Å². The average Bonchev–Trinajstić information content (AvgIpc) is 2.08. The highest BCUT2D eigenvalue weighted by molar-refractivity contribution is 6.30. The third-order valence-corrected chi connectivity index (χ3v) is 2.46. The molecule has 0 radical (unpaired) electrons. The van der Waals surface area contributed by atoms with Crippen LogP contribution in [0.1, 0.15) is 18.9 Å². The number of hydrogen-bond donors (Lipinski definition) is 2. The second kappa shape index (κ2) is 4.78. The Morgan fingerprint density at radius 3 is 2.43 bits per heavy atom. The van der Waals surface area contributed by atoms with Crippen molar-refractivity contribution in [1.29, 1.82) is 0 Å². The Morgan fingerprint density at radius 2 is 1.93 bits per heavy atom. The van der Waals surface area contributed by atoms with Crippen molar-refractivity contribution in [3.63, 3.8) is 0 Å². The number of benzene rings is 1. The van der Waals surface area contributed by atoms with Gasteiger partial charge in [0.25, 0.3) is 0 Å². The molecular weight excluding hydrogens is 198 g/mol. The summed E-state index contributed by atoms with van der Waals surface area (Å²) in [6.45, 7) is 2.07. The van der Waals surface area contributed by atoms with Crippen molar-refractivity contribution in [2.24, 2.45) is 5.73 Å². The largest absolute Gasteiger partial charge is 0.396 e. The van der Waals surface area contributed by atoms with Crippen LogP contribution in [-0.2, 0) is 6.42 Å². The average molecular weight is 214 g/mol. The van der Waals surface area contributed by atoms with E-state index in [0.717, 1.165) is 17.0 Å². The van der Waals surface area contributed by atoms with Gasteiger partial charge in [-0.15, -0.1) is 0 Å². The Hall–Kier alpha value is -0.570. The monoisotopic (exact) mass is 213 g/mol. The Balaban J connectivity index is 2.64. The van der Waals surface area contributed by atoms with Gasteiger partial charge in [-0.3, -0.25) is 0 Å². The van der Waals surface area contributed by atoms with Crippen LogP contribution in [0, 0.1) is 0 Å². The first-order chi connectivity index (χ1) is 6.53. The lowest BCUT2D eigenvalue weighted by atomic mass is 9.91. The SMILES string of the molecule is CC(N)(CCO)Cc1ccc(Cl)cc1. The zero-order valence-corrected chi connectivity index (χ0v) is 9.09. The summed E-state index contributed by atoms with van der Waals surface area (Å²) in [6, 6.07) is 7.63. The van der Waals surface area contributed by atoms with Crippen molar-refractivity contribution in [3.8, 4) is 0 Å². The molecule has 0 aliphatic carbocycles. The molecule has 78 valence electrons. The van der Waals surface area contributed by atoms with Crippen LogP contribution in [0.4, 0.5) is 0 Å². The highest BCUT2D eigenvalue weighted by atomic mass is 35.5. The van der Waals surface area contributed by atoms with Gasteiger partial charge in [-0.2, -0.15) is 0 Å². The molecule has 3 heteroatoms. The molecule has 1 atom stereocenters. The summed E-state index contributed by atoms with van der Waals surface area (Å²) in [7, 11) is 0. The van der Waals surface area contributed by atoms with E-state index in [1.165, 1.54) is 0 Å². The molecule has 0 aliphatic heterocycles. The highest BCUT2D eigenvalue weighted by Gasteiger charge is 2.17. The Morgan fingerprint density at radius 1 is 1.36 bits per heavy atom. The van der Waals surface area contributed by atoms with Crippen LogP contribution in [0.2, 0.25) is 5.02 Å². The lowest BCUT2D eigenvalue weighted by molar-refractivity contribution is 0.245. The predicted octanol–water partition coefficient (Wildman–Crippen LogP) is 1.98. The van der Waals surface area contributed by atoms with E-state index in [1.54, 1.807) is 0 Å². The zero-order chi connectivity index (χ0) is 10.6. The fourth-order valence-corrected chi connectivity index (χ4v) is 1.54. The van der Waals surface area contributed by atoms with E-state index in [0.29, 0.717) is 6.42 Å². The summed E-state index contributed by atoms with van der Waals surface area (Å²) < 4.78 is 0. The quantitative estimate of drug-likeness (QED) is 0.804. The van der Waals surface area contributed by atoms with E-state index in [-0.39, 0.29) is 12.1 Å². The second-order valence-corrected chi connectivity index (χ2v) is 4.37. The smallest absolute Gasteiger partial charge is 0.0448 e. The van der Waals surface area contributed by atoms with Crippen molar-refractivity contribution in [2.75, 3.05) is 6.61 Å². The maximum absolute atomic E-state index is 8.82. The summed E-state index contributed by atoms with van der Waals surface area (Å²) in [5.74, 6) is 0. The highest BCUT2D eigenvalue weighted by Crippen LogP contribution is 2.16. The van der Waals surface area contributed by atoms with Crippen LogP contribution < -0.4 is 5.73 Å². The molecule has 0 amide bonds. The van der Waals surface area contributed by atoms with E-state index < -0.39 is 0 Å². The number of aliphatic hydroxyl groups excluding tert-OH is 1. The third kappa shape index (κ3) is 3.66. The first-order valence-electron chi connectivity index (χ1n) is 4.68. The summed E-state index contributed by atoms with van der Waals surface area (Å²) in [4.78, 5) is 0. The zero-order valence-electron chi connectivity index (χ0n) is 8.33. The van der Waals surface area contributed by atoms with Crippen LogP contribution in [0.5, 0.6) is 0 Å². The van der Waals surface area contributed by atoms with Gasteiger partial charge < -0.3 is 10.8 Å². The van der Waals surface area contributed by atoms with E-state index in [4.69, 9.17) is 22.4 Å². The van der Waals surface area contributed by atoms with Gasteiger partial charge in [0.15, 0.2) is 0 Å². The predicted molar refractivity (Wildman–Crippen MR) is 59.5 cm³/mol. The number of rotatable bonds is 4. The number of hydrogen-bond acceptors (Lipinski definition) is 2. The maximum Gasteiger partial charge on any atom is 0.0448 e. The van der Waals surface area contributed by atoms with Gasteiger partial charge in [-0.05, 0) is 37.5 Å².